The minimum atomic E-state index is -0.295. The number of nitrogens with zero attached hydrogens (tertiary/aromatic N) is 8. The van der Waals surface area contributed by atoms with Gasteiger partial charge in [0.25, 0.3) is 5.91 Å². The summed E-state index contributed by atoms with van der Waals surface area (Å²) in [4.78, 5) is 29.8. The van der Waals surface area contributed by atoms with Gasteiger partial charge in [-0.25, -0.2) is 9.83 Å². The number of benzene rings is 1. The van der Waals surface area contributed by atoms with Crippen molar-refractivity contribution in [2.24, 2.45) is 7.05 Å². The molecular formula is C28H30N8O2. The minimum Gasteiger partial charge on any atom is -0.505 e. The standard InChI is InChI=1S/C28H30N8O2/c1-7-38-26-14-24(31-15-25(26)29-5)18(3)36-10-8-21-22(27-17(2)32-34(6)33-27)12-20(13-23(21)28(36)37)16-35-11-9-30-19(35)4/h9,11-15,18H,7-8,10,16H2,1-4,6H3/t18-/m0/s1. The molecule has 0 spiro atoms. The van der Waals surface area contributed by atoms with E-state index in [1.165, 1.54) is 6.20 Å². The fourth-order valence-corrected chi connectivity index (χ4v) is 5.06. The lowest BCUT2D eigenvalue weighted by atomic mass is 9.89. The number of rotatable bonds is 7. The van der Waals surface area contributed by atoms with Crippen LogP contribution >= 0.6 is 0 Å². The third kappa shape index (κ3) is 4.52. The van der Waals surface area contributed by atoms with Crippen LogP contribution in [0.1, 0.15) is 58.6 Å². The number of ether oxygens (including phenoxy) is 1. The molecule has 4 heterocycles. The Bertz CT molecular complexity index is 1560. The van der Waals surface area contributed by atoms with E-state index in [0.29, 0.717) is 48.8 Å². The van der Waals surface area contributed by atoms with Crippen molar-refractivity contribution in [1.82, 2.24) is 34.4 Å². The van der Waals surface area contributed by atoms with Gasteiger partial charge in [-0.05, 0) is 63.4 Å². The molecule has 4 aromatic rings. The van der Waals surface area contributed by atoms with Crippen LogP contribution in [-0.2, 0) is 20.0 Å². The van der Waals surface area contributed by atoms with Crippen LogP contribution in [0.2, 0.25) is 0 Å². The van der Waals surface area contributed by atoms with E-state index in [1.54, 1.807) is 24.1 Å². The Hall–Kier alpha value is -4.52. The first-order chi connectivity index (χ1) is 18.3. The quantitative estimate of drug-likeness (QED) is 0.341. The molecule has 0 N–H and O–H groups in total. The van der Waals surface area contributed by atoms with Gasteiger partial charge in [0.15, 0.2) is 0 Å². The number of carbonyl (C=O) groups excluding carboxylic acids is 1. The fourth-order valence-electron chi connectivity index (χ4n) is 5.06. The first-order valence-electron chi connectivity index (χ1n) is 12.6. The van der Waals surface area contributed by atoms with Gasteiger partial charge < -0.3 is 14.2 Å². The Kier molecular flexibility index (Phi) is 6.68. The molecule has 0 saturated heterocycles. The molecule has 0 unspecified atom stereocenters. The lowest BCUT2D eigenvalue weighted by Gasteiger charge is -2.34. The number of fused-ring (bicyclic) bond motifs is 1. The summed E-state index contributed by atoms with van der Waals surface area (Å²) in [6, 6.07) is 5.60. The summed E-state index contributed by atoms with van der Waals surface area (Å²) < 4.78 is 7.72. The monoisotopic (exact) mass is 510 g/mol. The number of hydrogen-bond donors (Lipinski definition) is 0. The molecule has 5 rings (SSSR count). The maximum atomic E-state index is 14.0. The van der Waals surface area contributed by atoms with Crippen LogP contribution in [0.15, 0.2) is 36.8 Å². The first-order valence-corrected chi connectivity index (χ1v) is 12.6. The molecular weight excluding hydrogens is 480 g/mol. The predicted octanol–water partition coefficient (Wildman–Crippen LogP) is 4.45. The van der Waals surface area contributed by atoms with Gasteiger partial charge in [0.05, 0.1) is 30.6 Å². The second kappa shape index (κ2) is 10.1. The van der Waals surface area contributed by atoms with Crippen LogP contribution in [0.3, 0.4) is 0 Å². The molecule has 1 atom stereocenters. The van der Waals surface area contributed by atoms with Crippen molar-refractivity contribution in [3.05, 3.63) is 82.1 Å². The number of amides is 1. The summed E-state index contributed by atoms with van der Waals surface area (Å²) in [6.45, 7) is 16.7. The van der Waals surface area contributed by atoms with Crippen molar-refractivity contribution in [3.63, 3.8) is 0 Å². The van der Waals surface area contributed by atoms with Crippen LogP contribution in [0.5, 0.6) is 5.75 Å². The van der Waals surface area contributed by atoms with Gasteiger partial charge in [0.2, 0.25) is 5.69 Å². The van der Waals surface area contributed by atoms with E-state index in [2.05, 4.69) is 35.6 Å². The molecule has 10 heteroatoms. The maximum Gasteiger partial charge on any atom is 0.254 e. The summed E-state index contributed by atoms with van der Waals surface area (Å²) >= 11 is 0. The highest BCUT2D eigenvalue weighted by atomic mass is 16.5. The van der Waals surface area contributed by atoms with Crippen LogP contribution < -0.4 is 4.74 Å². The molecule has 1 aliphatic heterocycles. The lowest BCUT2D eigenvalue weighted by Crippen LogP contribution is -2.40. The van der Waals surface area contributed by atoms with Crippen molar-refractivity contribution in [1.29, 1.82) is 0 Å². The molecule has 1 aromatic carbocycles. The smallest absolute Gasteiger partial charge is 0.254 e. The average Bonchev–Trinajstić information content (AvgIpc) is 3.47. The van der Waals surface area contributed by atoms with Crippen molar-refractivity contribution in [3.8, 4) is 17.0 Å². The topological polar surface area (TPSA) is 95.3 Å². The number of aromatic nitrogens is 6. The number of carbonyl (C=O) groups is 1. The molecule has 0 aliphatic carbocycles. The Balaban J connectivity index is 1.56. The van der Waals surface area contributed by atoms with E-state index in [4.69, 9.17) is 11.3 Å². The van der Waals surface area contributed by atoms with Crippen molar-refractivity contribution < 1.29 is 9.53 Å². The second-order valence-corrected chi connectivity index (χ2v) is 9.44. The summed E-state index contributed by atoms with van der Waals surface area (Å²) in [5.74, 6) is 1.34. The second-order valence-electron chi connectivity index (χ2n) is 9.44. The number of imidazole rings is 1. The summed E-state index contributed by atoms with van der Waals surface area (Å²) in [5, 5.41) is 9.08. The molecule has 0 bridgehead atoms. The van der Waals surface area contributed by atoms with Crippen molar-refractivity contribution in [2.45, 2.75) is 46.7 Å². The van der Waals surface area contributed by atoms with Crippen molar-refractivity contribution in [2.75, 3.05) is 13.2 Å². The molecule has 3 aromatic heterocycles. The van der Waals surface area contributed by atoms with Gasteiger partial charge in [-0.15, -0.1) is 0 Å². The first kappa shape index (κ1) is 25.1. The molecule has 1 amide bonds. The number of pyridine rings is 1. The van der Waals surface area contributed by atoms with Crippen LogP contribution in [0.4, 0.5) is 5.69 Å². The lowest BCUT2D eigenvalue weighted by molar-refractivity contribution is 0.0669. The molecule has 0 radical (unpaired) electrons. The van der Waals surface area contributed by atoms with Gasteiger partial charge in [0.1, 0.15) is 17.3 Å². The summed E-state index contributed by atoms with van der Waals surface area (Å²) in [6.07, 6.45) is 5.91. The van der Waals surface area contributed by atoms with Gasteiger partial charge >= 0.3 is 0 Å². The predicted molar refractivity (Wildman–Crippen MR) is 142 cm³/mol. The maximum absolute atomic E-state index is 14.0. The van der Waals surface area contributed by atoms with Crippen LogP contribution in [-0.4, -0.2) is 53.5 Å². The molecule has 0 saturated carbocycles. The van der Waals surface area contributed by atoms with E-state index in [9.17, 15) is 4.79 Å². The largest absolute Gasteiger partial charge is 0.505 e. The summed E-state index contributed by atoms with van der Waals surface area (Å²) in [5.41, 5.74) is 6.25. The van der Waals surface area contributed by atoms with E-state index in [1.807, 2.05) is 44.9 Å². The average molecular weight is 511 g/mol. The highest BCUT2D eigenvalue weighted by Crippen LogP contribution is 2.36. The van der Waals surface area contributed by atoms with Gasteiger partial charge in [-0.2, -0.15) is 15.0 Å². The Morgan fingerprint density at radius 1 is 1.16 bits per heavy atom. The molecule has 0 fully saturated rings. The zero-order chi connectivity index (χ0) is 27.0. The normalized spacial score (nSPS) is 13.8. The van der Waals surface area contributed by atoms with E-state index in [0.717, 1.165) is 33.9 Å². The highest BCUT2D eigenvalue weighted by Gasteiger charge is 2.32. The zero-order valence-corrected chi connectivity index (χ0v) is 22.3. The zero-order valence-electron chi connectivity index (χ0n) is 22.3. The number of aryl methyl sites for hydroxylation is 3. The SMILES string of the molecule is [C-]#[N+]c1cnc([C@H](C)N2CCc3c(cc(Cn4ccnc4C)cc3-c3nn(C)nc3C)C2=O)cc1OCC. The Labute approximate surface area is 221 Å². The molecule has 10 nitrogen and oxygen atoms in total. The highest BCUT2D eigenvalue weighted by molar-refractivity contribution is 5.99. The Morgan fingerprint density at radius 2 is 1.95 bits per heavy atom. The van der Waals surface area contributed by atoms with Crippen molar-refractivity contribution >= 4 is 11.6 Å². The molecule has 194 valence electrons. The van der Waals surface area contributed by atoms with E-state index in [-0.39, 0.29) is 11.9 Å². The van der Waals surface area contributed by atoms with Gasteiger partial charge in [-0.3, -0.25) is 9.78 Å². The third-order valence-electron chi connectivity index (χ3n) is 7.00. The minimum absolute atomic E-state index is 0.0558. The Morgan fingerprint density at radius 3 is 2.61 bits per heavy atom. The van der Waals surface area contributed by atoms with Crippen LogP contribution in [0.25, 0.3) is 16.1 Å². The van der Waals surface area contributed by atoms with Gasteiger partial charge in [-0.1, -0.05) is 0 Å². The van der Waals surface area contributed by atoms with E-state index < -0.39 is 0 Å². The molecule has 38 heavy (non-hydrogen) atoms. The summed E-state index contributed by atoms with van der Waals surface area (Å²) in [7, 11) is 1.80. The fraction of sp³-hybridized carbons (Fsp3) is 0.357. The number of hydrogen-bond acceptors (Lipinski definition) is 6. The third-order valence-corrected chi connectivity index (χ3v) is 7.00. The van der Waals surface area contributed by atoms with Crippen LogP contribution in [0, 0.1) is 20.4 Å². The van der Waals surface area contributed by atoms with Gasteiger partial charge in [0, 0.05) is 49.9 Å². The van der Waals surface area contributed by atoms with E-state index >= 15 is 0 Å². The molecule has 1 aliphatic rings.